The standard InChI is InChI=1S/C23H33N5O7/c1-12(2)19(25)21(32)26-15(11-18(24)30)22(33)28-9-3-4-17(28)20(31)27-16(23(34)35)10-13-5-7-14(29)8-6-13/h5-8,12,15-17,19,29H,3-4,9-11,25H2,1-2H3,(H2,24,30)(H,26,32)(H,27,31)(H,34,35). The number of phenols is 1. The highest BCUT2D eigenvalue weighted by molar-refractivity contribution is 5.96. The topological polar surface area (TPSA) is 205 Å². The normalized spacial score (nSPS) is 17.9. The minimum absolute atomic E-state index is 0.0247. The van der Waals surface area contributed by atoms with Crippen molar-refractivity contribution in [3.05, 3.63) is 29.8 Å². The number of nitrogens with two attached hydrogens (primary N) is 2. The number of hydrogen-bond acceptors (Lipinski definition) is 7. The first-order valence-corrected chi connectivity index (χ1v) is 11.4. The van der Waals surface area contributed by atoms with Gasteiger partial charge < -0.3 is 37.2 Å². The van der Waals surface area contributed by atoms with Gasteiger partial charge >= 0.3 is 5.97 Å². The van der Waals surface area contributed by atoms with Crippen molar-refractivity contribution in [2.24, 2.45) is 17.4 Å². The second-order valence-corrected chi connectivity index (χ2v) is 8.96. The van der Waals surface area contributed by atoms with E-state index in [0.717, 1.165) is 0 Å². The van der Waals surface area contributed by atoms with Crippen LogP contribution < -0.4 is 22.1 Å². The lowest BCUT2D eigenvalue weighted by molar-refractivity contribution is -0.145. The molecule has 4 atom stereocenters. The molecule has 4 unspecified atom stereocenters. The fraction of sp³-hybridized carbons (Fsp3) is 0.522. The van der Waals surface area contributed by atoms with Gasteiger partial charge in [-0.25, -0.2) is 4.79 Å². The number of carbonyl (C=O) groups excluding carboxylic acids is 4. The highest BCUT2D eigenvalue weighted by atomic mass is 16.4. The van der Waals surface area contributed by atoms with E-state index in [1.54, 1.807) is 26.0 Å². The third-order valence-electron chi connectivity index (χ3n) is 5.87. The van der Waals surface area contributed by atoms with E-state index in [4.69, 9.17) is 11.5 Å². The third-order valence-corrected chi connectivity index (χ3v) is 5.87. The fourth-order valence-electron chi connectivity index (χ4n) is 3.81. The van der Waals surface area contributed by atoms with Gasteiger partial charge in [0.25, 0.3) is 0 Å². The smallest absolute Gasteiger partial charge is 0.326 e. The fourth-order valence-corrected chi connectivity index (χ4v) is 3.81. The summed E-state index contributed by atoms with van der Waals surface area (Å²) in [5, 5.41) is 23.9. The van der Waals surface area contributed by atoms with Gasteiger partial charge in [0.05, 0.1) is 12.5 Å². The van der Waals surface area contributed by atoms with Crippen LogP contribution in [0.1, 0.15) is 38.7 Å². The molecule has 8 N–H and O–H groups in total. The Morgan fingerprint density at radius 3 is 2.26 bits per heavy atom. The minimum Gasteiger partial charge on any atom is -0.508 e. The number of carboxylic acid groups (broad SMARTS) is 1. The average molecular weight is 492 g/mol. The van der Waals surface area contributed by atoms with Crippen LogP contribution in [0.2, 0.25) is 0 Å². The third kappa shape index (κ3) is 7.67. The van der Waals surface area contributed by atoms with Crippen LogP contribution >= 0.6 is 0 Å². The van der Waals surface area contributed by atoms with Crippen LogP contribution in [0.4, 0.5) is 0 Å². The van der Waals surface area contributed by atoms with Crippen molar-refractivity contribution in [1.29, 1.82) is 0 Å². The van der Waals surface area contributed by atoms with E-state index >= 15 is 0 Å². The molecule has 0 radical (unpaired) electrons. The summed E-state index contributed by atoms with van der Waals surface area (Å²) in [5.74, 6) is -4.23. The van der Waals surface area contributed by atoms with Gasteiger partial charge in [-0.15, -0.1) is 0 Å². The second kappa shape index (κ2) is 12.2. The monoisotopic (exact) mass is 491 g/mol. The van der Waals surface area contributed by atoms with Gasteiger partial charge in [0.15, 0.2) is 0 Å². The van der Waals surface area contributed by atoms with Crippen LogP contribution in [0.5, 0.6) is 5.75 Å². The molecule has 192 valence electrons. The minimum atomic E-state index is -1.30. The Labute approximate surface area is 203 Å². The zero-order chi connectivity index (χ0) is 26.3. The highest BCUT2D eigenvalue weighted by Crippen LogP contribution is 2.20. The maximum atomic E-state index is 13.2. The molecule has 1 aliphatic heterocycles. The molecule has 1 aromatic rings. The number of nitrogens with one attached hydrogen (secondary N) is 2. The second-order valence-electron chi connectivity index (χ2n) is 8.96. The van der Waals surface area contributed by atoms with E-state index in [0.29, 0.717) is 12.0 Å². The predicted octanol–water partition coefficient (Wildman–Crippen LogP) is -1.16. The van der Waals surface area contributed by atoms with E-state index in [2.05, 4.69) is 10.6 Å². The molecule has 1 aliphatic rings. The number of primary amides is 1. The molecule has 0 spiro atoms. The Bertz CT molecular complexity index is 950. The number of benzene rings is 1. The Hall–Kier alpha value is -3.67. The molecule has 4 amide bonds. The van der Waals surface area contributed by atoms with Crippen LogP contribution in [-0.2, 0) is 30.4 Å². The van der Waals surface area contributed by atoms with Crippen LogP contribution in [0.15, 0.2) is 24.3 Å². The number of rotatable bonds is 11. The van der Waals surface area contributed by atoms with Gasteiger partial charge in [-0.05, 0) is 36.5 Å². The van der Waals surface area contributed by atoms with Crippen LogP contribution in [0.3, 0.4) is 0 Å². The van der Waals surface area contributed by atoms with Gasteiger partial charge in [-0.2, -0.15) is 0 Å². The number of amides is 4. The molecule has 0 aliphatic carbocycles. The SMILES string of the molecule is CC(C)C(N)C(=O)NC(CC(N)=O)C(=O)N1CCCC1C(=O)NC(Cc1ccc(O)cc1)C(=O)O. The Morgan fingerprint density at radius 1 is 1.09 bits per heavy atom. The van der Waals surface area contributed by atoms with E-state index < -0.39 is 60.2 Å². The molecule has 1 fully saturated rings. The lowest BCUT2D eigenvalue weighted by Crippen LogP contribution is -2.58. The molecule has 0 saturated carbocycles. The number of nitrogens with zero attached hydrogens (tertiary/aromatic N) is 1. The number of phenolic OH excluding ortho intramolecular Hbond substituents is 1. The van der Waals surface area contributed by atoms with Crippen LogP contribution in [0, 0.1) is 5.92 Å². The quantitative estimate of drug-likeness (QED) is 0.222. The Kier molecular flexibility index (Phi) is 9.58. The van der Waals surface area contributed by atoms with Crippen molar-refractivity contribution in [2.45, 2.75) is 63.7 Å². The molecular formula is C23H33N5O7. The van der Waals surface area contributed by atoms with Crippen molar-refractivity contribution < 1.29 is 34.2 Å². The van der Waals surface area contributed by atoms with Gasteiger partial charge in [0.2, 0.25) is 23.6 Å². The summed E-state index contributed by atoms with van der Waals surface area (Å²) in [6.45, 7) is 3.65. The molecule has 1 heterocycles. The number of likely N-dealkylation sites (tertiary alicyclic amines) is 1. The summed E-state index contributed by atoms with van der Waals surface area (Å²) < 4.78 is 0. The maximum absolute atomic E-state index is 13.2. The Morgan fingerprint density at radius 2 is 1.71 bits per heavy atom. The summed E-state index contributed by atoms with van der Waals surface area (Å²) in [6.07, 6.45) is 0.252. The number of aliphatic carboxylic acids is 1. The summed E-state index contributed by atoms with van der Waals surface area (Å²) >= 11 is 0. The number of carbonyl (C=O) groups is 5. The summed E-state index contributed by atoms with van der Waals surface area (Å²) in [5.41, 5.74) is 11.7. The van der Waals surface area contributed by atoms with E-state index in [1.165, 1.54) is 17.0 Å². The first-order chi connectivity index (χ1) is 16.4. The molecule has 2 rings (SSSR count). The van der Waals surface area contributed by atoms with Gasteiger partial charge in [0.1, 0.15) is 23.9 Å². The summed E-state index contributed by atoms with van der Waals surface area (Å²) in [4.78, 5) is 63.1. The van der Waals surface area contributed by atoms with Crippen LogP contribution in [-0.4, -0.2) is 75.4 Å². The lowest BCUT2D eigenvalue weighted by atomic mass is 10.0. The maximum Gasteiger partial charge on any atom is 0.326 e. The molecule has 12 heteroatoms. The summed E-state index contributed by atoms with van der Waals surface area (Å²) in [6, 6.07) is 1.45. The first kappa shape index (κ1) is 27.6. The number of carboxylic acids is 1. The van der Waals surface area contributed by atoms with Crippen molar-refractivity contribution >= 4 is 29.6 Å². The van der Waals surface area contributed by atoms with Crippen molar-refractivity contribution in [2.75, 3.05) is 6.54 Å². The zero-order valence-corrected chi connectivity index (χ0v) is 19.8. The zero-order valence-electron chi connectivity index (χ0n) is 19.8. The van der Waals surface area contributed by atoms with Gasteiger partial charge in [0, 0.05) is 13.0 Å². The number of hydrogen-bond donors (Lipinski definition) is 6. The highest BCUT2D eigenvalue weighted by Gasteiger charge is 2.39. The molecule has 35 heavy (non-hydrogen) atoms. The molecule has 1 saturated heterocycles. The van der Waals surface area contributed by atoms with Crippen molar-refractivity contribution in [1.82, 2.24) is 15.5 Å². The average Bonchev–Trinajstić information content (AvgIpc) is 3.28. The lowest BCUT2D eigenvalue weighted by Gasteiger charge is -2.30. The van der Waals surface area contributed by atoms with E-state index in [-0.39, 0.29) is 31.1 Å². The molecule has 12 nitrogen and oxygen atoms in total. The molecule has 1 aromatic carbocycles. The molecule has 0 aromatic heterocycles. The Balaban J connectivity index is 2.14. The summed E-state index contributed by atoms with van der Waals surface area (Å²) in [7, 11) is 0. The number of aromatic hydroxyl groups is 1. The van der Waals surface area contributed by atoms with Crippen LogP contribution in [0.25, 0.3) is 0 Å². The first-order valence-electron chi connectivity index (χ1n) is 11.4. The molecular weight excluding hydrogens is 458 g/mol. The van der Waals surface area contributed by atoms with Gasteiger partial charge in [-0.1, -0.05) is 26.0 Å². The van der Waals surface area contributed by atoms with Crippen molar-refractivity contribution in [3.8, 4) is 5.75 Å². The molecule has 0 bridgehead atoms. The van der Waals surface area contributed by atoms with Crippen molar-refractivity contribution in [3.63, 3.8) is 0 Å². The van der Waals surface area contributed by atoms with Gasteiger partial charge in [-0.3, -0.25) is 19.2 Å². The predicted molar refractivity (Wildman–Crippen MR) is 125 cm³/mol. The van der Waals surface area contributed by atoms with E-state index in [9.17, 15) is 34.2 Å². The van der Waals surface area contributed by atoms with E-state index in [1.807, 2.05) is 0 Å². The largest absolute Gasteiger partial charge is 0.508 e.